The van der Waals surface area contributed by atoms with Gasteiger partial charge in [0.2, 0.25) is 0 Å². The van der Waals surface area contributed by atoms with Crippen molar-refractivity contribution in [2.75, 3.05) is 13.2 Å². The second-order valence-corrected chi connectivity index (χ2v) is 3.53. The fraction of sp³-hybridized carbons (Fsp3) is 0.778. The predicted molar refractivity (Wildman–Crippen MR) is 58.2 cm³/mol. The Bertz CT molecular complexity index is 194. The van der Waals surface area contributed by atoms with E-state index in [1.807, 2.05) is 0 Å². The second-order valence-electron chi connectivity index (χ2n) is 3.16. The molecule has 0 atom stereocenters. The third kappa shape index (κ3) is 7.79. The third-order valence-electron chi connectivity index (χ3n) is 1.41. The summed E-state index contributed by atoms with van der Waals surface area (Å²) in [6.07, 6.45) is 0.340. The summed E-state index contributed by atoms with van der Waals surface area (Å²) in [4.78, 5) is 10.8. The first-order valence-corrected chi connectivity index (χ1v) is 5.07. The molecule has 0 aromatic heterocycles. The smallest absolute Gasteiger partial charge is 0.414 e. The number of hydrogen-bond donors (Lipinski definition) is 1. The molecule has 1 N–H and O–H groups in total. The highest BCUT2D eigenvalue weighted by Gasteiger charge is 2.05. The SMILES string of the molecule is CCOC(=O)NC(=S)OCCC(C)C. The van der Waals surface area contributed by atoms with E-state index in [4.69, 9.17) is 17.0 Å². The molecular formula is C9H17NO3S. The van der Waals surface area contributed by atoms with E-state index in [1.54, 1.807) is 6.92 Å². The highest BCUT2D eigenvalue weighted by molar-refractivity contribution is 7.80. The first-order valence-electron chi connectivity index (χ1n) is 4.66. The van der Waals surface area contributed by atoms with Crippen LogP contribution in [-0.2, 0) is 9.47 Å². The lowest BCUT2D eigenvalue weighted by atomic mass is 10.1. The molecule has 4 nitrogen and oxygen atoms in total. The number of nitrogens with one attached hydrogen (secondary N) is 1. The number of ether oxygens (including phenoxy) is 2. The van der Waals surface area contributed by atoms with Crippen molar-refractivity contribution in [2.24, 2.45) is 5.92 Å². The second kappa shape index (κ2) is 7.55. The van der Waals surface area contributed by atoms with Crippen molar-refractivity contribution in [3.8, 4) is 0 Å². The molecule has 0 spiro atoms. The number of amides is 1. The summed E-state index contributed by atoms with van der Waals surface area (Å²) in [7, 11) is 0. The molecule has 0 radical (unpaired) electrons. The predicted octanol–water partition coefficient (Wildman–Crippen LogP) is 2.08. The van der Waals surface area contributed by atoms with Gasteiger partial charge in [-0.3, -0.25) is 5.32 Å². The van der Waals surface area contributed by atoms with Crippen LogP contribution >= 0.6 is 12.2 Å². The summed E-state index contributed by atoms with van der Waals surface area (Å²) in [5.74, 6) is 0.556. The van der Waals surface area contributed by atoms with Crippen LogP contribution in [0.3, 0.4) is 0 Å². The monoisotopic (exact) mass is 219 g/mol. The van der Waals surface area contributed by atoms with Crippen molar-refractivity contribution in [1.82, 2.24) is 5.32 Å². The molecule has 0 saturated carbocycles. The van der Waals surface area contributed by atoms with Crippen molar-refractivity contribution < 1.29 is 14.3 Å². The fourth-order valence-corrected chi connectivity index (χ4v) is 0.841. The van der Waals surface area contributed by atoms with Gasteiger partial charge in [-0.1, -0.05) is 13.8 Å². The first kappa shape index (κ1) is 13.2. The number of carbonyl (C=O) groups is 1. The standard InChI is InChI=1S/C9H17NO3S/c1-4-12-8(11)10-9(14)13-6-5-7(2)3/h7H,4-6H2,1-3H3,(H,10,11,14). The number of hydrogen-bond acceptors (Lipinski definition) is 4. The highest BCUT2D eigenvalue weighted by Crippen LogP contribution is 1.98. The number of alkyl carbamates (subject to hydrolysis) is 1. The van der Waals surface area contributed by atoms with Crippen LogP contribution in [0.1, 0.15) is 27.2 Å². The van der Waals surface area contributed by atoms with Crippen molar-refractivity contribution in [2.45, 2.75) is 27.2 Å². The highest BCUT2D eigenvalue weighted by atomic mass is 32.1. The van der Waals surface area contributed by atoms with Crippen LogP contribution in [0.5, 0.6) is 0 Å². The maximum Gasteiger partial charge on any atom is 0.414 e. The van der Waals surface area contributed by atoms with E-state index in [1.165, 1.54) is 0 Å². The summed E-state index contributed by atoms with van der Waals surface area (Å²) >= 11 is 4.76. The van der Waals surface area contributed by atoms with Gasteiger partial charge in [-0.2, -0.15) is 0 Å². The molecule has 1 amide bonds. The Balaban J connectivity index is 3.50. The maximum absolute atomic E-state index is 10.8. The van der Waals surface area contributed by atoms with Gasteiger partial charge >= 0.3 is 6.09 Å². The van der Waals surface area contributed by atoms with E-state index in [0.29, 0.717) is 19.1 Å². The Morgan fingerprint density at radius 1 is 1.43 bits per heavy atom. The zero-order valence-corrected chi connectivity index (χ0v) is 9.65. The number of thiocarbonyl (C=S) groups is 1. The van der Waals surface area contributed by atoms with Crippen LogP contribution in [-0.4, -0.2) is 24.5 Å². The summed E-state index contributed by atoms with van der Waals surface area (Å²) in [6, 6.07) is 0. The summed E-state index contributed by atoms with van der Waals surface area (Å²) in [6.45, 7) is 6.74. The van der Waals surface area contributed by atoms with Gasteiger partial charge in [-0.05, 0) is 31.5 Å². The van der Waals surface area contributed by atoms with E-state index >= 15 is 0 Å². The molecule has 0 bridgehead atoms. The molecular weight excluding hydrogens is 202 g/mol. The molecule has 0 aromatic carbocycles. The Morgan fingerprint density at radius 3 is 2.57 bits per heavy atom. The van der Waals surface area contributed by atoms with Crippen LogP contribution in [0, 0.1) is 5.92 Å². The molecule has 0 saturated heterocycles. The third-order valence-corrected chi connectivity index (χ3v) is 1.63. The molecule has 0 fully saturated rings. The minimum absolute atomic E-state index is 0.0732. The average Bonchev–Trinajstić information content (AvgIpc) is 2.03. The number of carbonyl (C=O) groups excluding carboxylic acids is 1. The van der Waals surface area contributed by atoms with E-state index in [2.05, 4.69) is 23.9 Å². The zero-order valence-electron chi connectivity index (χ0n) is 8.83. The lowest BCUT2D eigenvalue weighted by Gasteiger charge is -2.09. The zero-order chi connectivity index (χ0) is 11.0. The van der Waals surface area contributed by atoms with Crippen LogP contribution in [0.25, 0.3) is 0 Å². The Kier molecular flexibility index (Phi) is 7.10. The first-order chi connectivity index (χ1) is 6.56. The van der Waals surface area contributed by atoms with Gasteiger partial charge in [0.1, 0.15) is 0 Å². The van der Waals surface area contributed by atoms with E-state index in [-0.39, 0.29) is 5.17 Å². The minimum Gasteiger partial charge on any atom is -0.471 e. The normalized spacial score (nSPS) is 9.71. The fourth-order valence-electron chi connectivity index (χ4n) is 0.674. The van der Waals surface area contributed by atoms with Crippen LogP contribution < -0.4 is 5.32 Å². The molecule has 5 heteroatoms. The largest absolute Gasteiger partial charge is 0.471 e. The van der Waals surface area contributed by atoms with Gasteiger partial charge in [0.15, 0.2) is 0 Å². The van der Waals surface area contributed by atoms with E-state index < -0.39 is 6.09 Å². The molecule has 0 unspecified atom stereocenters. The van der Waals surface area contributed by atoms with Crippen molar-refractivity contribution in [1.29, 1.82) is 0 Å². The molecule has 0 heterocycles. The van der Waals surface area contributed by atoms with E-state index in [9.17, 15) is 4.79 Å². The van der Waals surface area contributed by atoms with Gasteiger partial charge in [0.25, 0.3) is 5.17 Å². The Labute approximate surface area is 90.0 Å². The molecule has 82 valence electrons. The average molecular weight is 219 g/mol. The van der Waals surface area contributed by atoms with Crippen molar-refractivity contribution in [3.05, 3.63) is 0 Å². The molecule has 0 aliphatic heterocycles. The summed E-state index contributed by atoms with van der Waals surface area (Å²) in [5, 5.41) is 2.38. The summed E-state index contributed by atoms with van der Waals surface area (Å²) < 4.78 is 9.71. The van der Waals surface area contributed by atoms with Gasteiger partial charge < -0.3 is 9.47 Å². The van der Waals surface area contributed by atoms with Crippen molar-refractivity contribution in [3.63, 3.8) is 0 Å². The Morgan fingerprint density at radius 2 is 2.07 bits per heavy atom. The van der Waals surface area contributed by atoms with Gasteiger partial charge in [-0.15, -0.1) is 0 Å². The van der Waals surface area contributed by atoms with Crippen LogP contribution in [0.2, 0.25) is 0 Å². The van der Waals surface area contributed by atoms with Crippen LogP contribution in [0.4, 0.5) is 4.79 Å². The topological polar surface area (TPSA) is 47.6 Å². The lowest BCUT2D eigenvalue weighted by molar-refractivity contribution is 0.154. The van der Waals surface area contributed by atoms with Crippen LogP contribution in [0.15, 0.2) is 0 Å². The molecule has 0 rings (SSSR count). The van der Waals surface area contributed by atoms with Gasteiger partial charge in [0.05, 0.1) is 13.2 Å². The maximum atomic E-state index is 10.8. The van der Waals surface area contributed by atoms with E-state index in [0.717, 1.165) is 6.42 Å². The quantitative estimate of drug-likeness (QED) is 0.735. The Hall–Kier alpha value is -0.840. The lowest BCUT2D eigenvalue weighted by Crippen LogP contribution is -2.31. The van der Waals surface area contributed by atoms with Gasteiger partial charge in [-0.25, -0.2) is 4.79 Å². The summed E-state index contributed by atoms with van der Waals surface area (Å²) in [5.41, 5.74) is 0. The van der Waals surface area contributed by atoms with Gasteiger partial charge in [0, 0.05) is 0 Å². The molecule has 0 aromatic rings. The molecule has 0 aliphatic rings. The minimum atomic E-state index is -0.568. The number of rotatable bonds is 4. The van der Waals surface area contributed by atoms with Crippen molar-refractivity contribution >= 4 is 23.5 Å². The molecule has 14 heavy (non-hydrogen) atoms. The molecule has 0 aliphatic carbocycles.